The molecule has 0 bridgehead atoms. The molecule has 0 saturated carbocycles. The molecule has 0 aliphatic rings. The van der Waals surface area contributed by atoms with E-state index in [0.29, 0.717) is 38.0 Å². The average Bonchev–Trinajstić information content (AvgIpc) is 2.53. The zero-order chi connectivity index (χ0) is 8.81. The summed E-state index contributed by atoms with van der Waals surface area (Å²) in [6, 6.07) is 0. The molecule has 0 aliphatic carbocycles. The summed E-state index contributed by atoms with van der Waals surface area (Å²) in [5.41, 5.74) is 5.29. The van der Waals surface area contributed by atoms with E-state index < -0.39 is 0 Å². The van der Waals surface area contributed by atoms with Crippen LogP contribution in [-0.4, -0.2) is 23.4 Å². The van der Waals surface area contributed by atoms with Crippen molar-refractivity contribution in [3.63, 3.8) is 0 Å². The minimum absolute atomic E-state index is 0.293. The van der Waals surface area contributed by atoms with E-state index in [1.165, 1.54) is 0 Å². The molecule has 1 heterocycles. The lowest BCUT2D eigenvalue weighted by atomic mass is 10.5. The molecule has 2 N–H and O–H groups in total. The molecule has 5 heteroatoms. The molecule has 12 heavy (non-hydrogen) atoms. The molecule has 0 aliphatic heterocycles. The van der Waals surface area contributed by atoms with Gasteiger partial charge in [0, 0.05) is 13.0 Å². The minimum atomic E-state index is 0.293. The molecule has 0 spiro atoms. The standard InChI is InChI=1S/C7H13N3O2/c1-2-11-4-3-6-9-10-7(5-8)12-6/h2-5,8H2,1H3. The molecule has 0 radical (unpaired) electrons. The van der Waals surface area contributed by atoms with Gasteiger partial charge in [0.2, 0.25) is 11.8 Å². The monoisotopic (exact) mass is 171 g/mol. The summed E-state index contributed by atoms with van der Waals surface area (Å²) in [5.74, 6) is 1.06. The van der Waals surface area contributed by atoms with Crippen molar-refractivity contribution in [1.29, 1.82) is 0 Å². The summed E-state index contributed by atoms with van der Waals surface area (Å²) < 4.78 is 10.3. The van der Waals surface area contributed by atoms with Gasteiger partial charge in [-0.3, -0.25) is 0 Å². The summed E-state index contributed by atoms with van der Waals surface area (Å²) in [7, 11) is 0. The fourth-order valence-corrected chi connectivity index (χ4v) is 0.776. The van der Waals surface area contributed by atoms with E-state index in [0.717, 1.165) is 0 Å². The average molecular weight is 171 g/mol. The van der Waals surface area contributed by atoms with Crippen molar-refractivity contribution < 1.29 is 9.15 Å². The van der Waals surface area contributed by atoms with Crippen LogP contribution in [0, 0.1) is 0 Å². The van der Waals surface area contributed by atoms with E-state index in [9.17, 15) is 0 Å². The van der Waals surface area contributed by atoms with Crippen molar-refractivity contribution in [2.24, 2.45) is 5.73 Å². The number of ether oxygens (including phenoxy) is 1. The van der Waals surface area contributed by atoms with Crippen molar-refractivity contribution in [3.8, 4) is 0 Å². The highest BCUT2D eigenvalue weighted by atomic mass is 16.5. The van der Waals surface area contributed by atoms with Crippen LogP contribution in [0.3, 0.4) is 0 Å². The van der Waals surface area contributed by atoms with Crippen molar-refractivity contribution in [2.45, 2.75) is 19.9 Å². The van der Waals surface area contributed by atoms with Crippen LogP contribution in [0.1, 0.15) is 18.7 Å². The van der Waals surface area contributed by atoms with Crippen LogP contribution in [0.4, 0.5) is 0 Å². The van der Waals surface area contributed by atoms with E-state index in [-0.39, 0.29) is 0 Å². The van der Waals surface area contributed by atoms with E-state index in [2.05, 4.69) is 10.2 Å². The number of hydrogen-bond acceptors (Lipinski definition) is 5. The molecule has 0 atom stereocenters. The highest BCUT2D eigenvalue weighted by Crippen LogP contribution is 1.99. The predicted molar refractivity (Wildman–Crippen MR) is 42.4 cm³/mol. The second kappa shape index (κ2) is 4.84. The Kier molecular flexibility index (Phi) is 3.69. The highest BCUT2D eigenvalue weighted by Gasteiger charge is 2.02. The first-order chi connectivity index (χ1) is 5.86. The summed E-state index contributed by atoms with van der Waals surface area (Å²) >= 11 is 0. The van der Waals surface area contributed by atoms with Crippen LogP contribution in [0.15, 0.2) is 4.42 Å². The molecule has 0 saturated heterocycles. The summed E-state index contributed by atoms with van der Waals surface area (Å²) in [6.45, 7) is 3.56. The Hall–Kier alpha value is -0.940. The van der Waals surface area contributed by atoms with Gasteiger partial charge in [0.25, 0.3) is 0 Å². The van der Waals surface area contributed by atoms with Crippen LogP contribution in [0.2, 0.25) is 0 Å². The van der Waals surface area contributed by atoms with Crippen molar-refractivity contribution in [2.75, 3.05) is 13.2 Å². The third-order valence-electron chi connectivity index (χ3n) is 1.35. The topological polar surface area (TPSA) is 74.2 Å². The first-order valence-corrected chi connectivity index (χ1v) is 3.96. The first-order valence-electron chi connectivity index (χ1n) is 3.96. The Balaban J connectivity index is 2.31. The Morgan fingerprint density at radius 3 is 2.75 bits per heavy atom. The summed E-state index contributed by atoms with van der Waals surface area (Å²) in [5, 5.41) is 7.50. The third kappa shape index (κ3) is 2.60. The van der Waals surface area contributed by atoms with Gasteiger partial charge in [0.1, 0.15) is 0 Å². The lowest BCUT2D eigenvalue weighted by Gasteiger charge is -1.95. The number of rotatable bonds is 5. The van der Waals surface area contributed by atoms with Crippen molar-refractivity contribution in [3.05, 3.63) is 11.8 Å². The molecular weight excluding hydrogens is 158 g/mol. The van der Waals surface area contributed by atoms with Gasteiger partial charge in [0.05, 0.1) is 13.2 Å². The zero-order valence-corrected chi connectivity index (χ0v) is 7.12. The smallest absolute Gasteiger partial charge is 0.230 e. The SMILES string of the molecule is CCOCCc1nnc(CN)o1. The lowest BCUT2D eigenvalue weighted by molar-refractivity contribution is 0.145. The second-order valence-corrected chi connectivity index (χ2v) is 2.24. The molecule has 1 aromatic heterocycles. The largest absolute Gasteiger partial charge is 0.424 e. The van der Waals surface area contributed by atoms with E-state index in [4.69, 9.17) is 14.9 Å². The minimum Gasteiger partial charge on any atom is -0.424 e. The fourth-order valence-electron chi connectivity index (χ4n) is 0.776. The molecule has 5 nitrogen and oxygen atoms in total. The van der Waals surface area contributed by atoms with Gasteiger partial charge in [-0.1, -0.05) is 0 Å². The van der Waals surface area contributed by atoms with Gasteiger partial charge in [-0.2, -0.15) is 0 Å². The molecular formula is C7H13N3O2. The maximum atomic E-state index is 5.29. The summed E-state index contributed by atoms with van der Waals surface area (Å²) in [4.78, 5) is 0. The Labute approximate surface area is 70.9 Å². The highest BCUT2D eigenvalue weighted by molar-refractivity contribution is 4.80. The number of nitrogens with zero attached hydrogens (tertiary/aromatic N) is 2. The van der Waals surface area contributed by atoms with Gasteiger partial charge >= 0.3 is 0 Å². The third-order valence-corrected chi connectivity index (χ3v) is 1.35. The van der Waals surface area contributed by atoms with Crippen molar-refractivity contribution >= 4 is 0 Å². The van der Waals surface area contributed by atoms with E-state index >= 15 is 0 Å². The van der Waals surface area contributed by atoms with E-state index in [1.807, 2.05) is 6.92 Å². The van der Waals surface area contributed by atoms with Gasteiger partial charge in [-0.25, -0.2) is 0 Å². The van der Waals surface area contributed by atoms with Crippen LogP contribution in [-0.2, 0) is 17.7 Å². The second-order valence-electron chi connectivity index (χ2n) is 2.24. The zero-order valence-electron chi connectivity index (χ0n) is 7.12. The lowest BCUT2D eigenvalue weighted by Crippen LogP contribution is -1.97. The van der Waals surface area contributed by atoms with Crippen LogP contribution in [0.5, 0.6) is 0 Å². The van der Waals surface area contributed by atoms with Gasteiger partial charge < -0.3 is 14.9 Å². The molecule has 0 fully saturated rings. The van der Waals surface area contributed by atoms with E-state index in [1.54, 1.807) is 0 Å². The van der Waals surface area contributed by atoms with Crippen LogP contribution >= 0.6 is 0 Å². The van der Waals surface area contributed by atoms with Gasteiger partial charge in [-0.15, -0.1) is 10.2 Å². The molecule has 0 aromatic carbocycles. The first kappa shape index (κ1) is 9.15. The molecule has 0 amide bonds. The van der Waals surface area contributed by atoms with Crippen molar-refractivity contribution in [1.82, 2.24) is 10.2 Å². The molecule has 1 rings (SSSR count). The number of hydrogen-bond donors (Lipinski definition) is 1. The van der Waals surface area contributed by atoms with Crippen LogP contribution in [0.25, 0.3) is 0 Å². The molecule has 0 unspecified atom stereocenters. The number of aromatic nitrogens is 2. The quantitative estimate of drug-likeness (QED) is 0.636. The fraction of sp³-hybridized carbons (Fsp3) is 0.714. The van der Waals surface area contributed by atoms with Gasteiger partial charge in [-0.05, 0) is 6.92 Å². The Bertz CT molecular complexity index is 224. The molecule has 1 aromatic rings. The predicted octanol–water partition coefficient (Wildman–Crippen LogP) is 0.107. The van der Waals surface area contributed by atoms with Crippen LogP contribution < -0.4 is 5.73 Å². The van der Waals surface area contributed by atoms with Gasteiger partial charge in [0.15, 0.2) is 0 Å². The normalized spacial score (nSPS) is 10.5. The Morgan fingerprint density at radius 2 is 2.17 bits per heavy atom. The summed E-state index contributed by atoms with van der Waals surface area (Å²) in [6.07, 6.45) is 0.654. The maximum Gasteiger partial charge on any atom is 0.230 e. The maximum absolute atomic E-state index is 5.29. The molecule has 68 valence electrons. The Morgan fingerprint density at radius 1 is 1.42 bits per heavy atom. The number of nitrogens with two attached hydrogens (primary N) is 1.